The van der Waals surface area contributed by atoms with E-state index >= 15 is 0 Å². The lowest BCUT2D eigenvalue weighted by atomic mass is 10.1. The van der Waals surface area contributed by atoms with Crippen LogP contribution in [0.15, 0.2) is 54.7 Å². The Morgan fingerprint density at radius 2 is 2.05 bits per heavy atom. The predicted molar refractivity (Wildman–Crippen MR) is 84.9 cm³/mol. The maximum Gasteiger partial charge on any atom is 0.137 e. The number of hydrogen-bond acceptors (Lipinski definition) is 2. The largest absolute Gasteiger partial charge is 0.342 e. The van der Waals surface area contributed by atoms with Gasteiger partial charge in [0.2, 0.25) is 0 Å². The van der Waals surface area contributed by atoms with Crippen LogP contribution in [0.2, 0.25) is 0 Å². The summed E-state index contributed by atoms with van der Waals surface area (Å²) in [6.45, 7) is 2.19. The van der Waals surface area contributed by atoms with Gasteiger partial charge in [-0.1, -0.05) is 30.3 Å². The lowest BCUT2D eigenvalue weighted by Gasteiger charge is -2.23. The lowest BCUT2D eigenvalue weighted by Crippen LogP contribution is -2.22. The molecule has 0 saturated carbocycles. The number of aromatic amines is 1. The van der Waals surface area contributed by atoms with Crippen molar-refractivity contribution >= 4 is 11.0 Å². The SMILES string of the molecule is c1ccc(CN2CCC[C@H]2c2cc3cccnc3[nH]2)cc1. The molecule has 1 aliphatic heterocycles. The fourth-order valence-corrected chi connectivity index (χ4v) is 3.34. The van der Waals surface area contributed by atoms with Crippen LogP contribution in [-0.2, 0) is 6.54 Å². The first kappa shape index (κ1) is 12.6. The zero-order valence-corrected chi connectivity index (χ0v) is 12.0. The summed E-state index contributed by atoms with van der Waals surface area (Å²) in [6.07, 6.45) is 4.33. The average Bonchev–Trinajstić information content (AvgIpc) is 3.14. The molecule has 0 unspecified atom stereocenters. The molecule has 3 aromatic rings. The van der Waals surface area contributed by atoms with E-state index in [4.69, 9.17) is 0 Å². The van der Waals surface area contributed by atoms with Crippen LogP contribution < -0.4 is 0 Å². The number of hydrogen-bond donors (Lipinski definition) is 1. The van der Waals surface area contributed by atoms with Gasteiger partial charge in [-0.3, -0.25) is 4.90 Å². The highest BCUT2D eigenvalue weighted by Crippen LogP contribution is 2.33. The Labute approximate surface area is 124 Å². The van der Waals surface area contributed by atoms with Crippen molar-refractivity contribution in [2.45, 2.75) is 25.4 Å². The number of H-pyrrole nitrogens is 1. The zero-order chi connectivity index (χ0) is 14.1. The highest BCUT2D eigenvalue weighted by molar-refractivity contribution is 5.76. The summed E-state index contributed by atoms with van der Waals surface area (Å²) in [7, 11) is 0. The molecule has 1 aliphatic rings. The molecule has 1 aromatic carbocycles. The number of rotatable bonds is 3. The lowest BCUT2D eigenvalue weighted by molar-refractivity contribution is 0.245. The van der Waals surface area contributed by atoms with Gasteiger partial charge in [0.05, 0.1) is 6.04 Å². The van der Waals surface area contributed by atoms with Crippen molar-refractivity contribution in [3.8, 4) is 0 Å². The number of fused-ring (bicyclic) bond motifs is 1. The molecule has 2 aromatic heterocycles. The Morgan fingerprint density at radius 1 is 1.14 bits per heavy atom. The van der Waals surface area contributed by atoms with E-state index in [2.05, 4.69) is 57.3 Å². The summed E-state index contributed by atoms with van der Waals surface area (Å²) in [4.78, 5) is 10.5. The van der Waals surface area contributed by atoms with Crippen molar-refractivity contribution in [3.05, 3.63) is 66.0 Å². The molecule has 1 fully saturated rings. The number of nitrogens with one attached hydrogen (secondary N) is 1. The molecule has 0 bridgehead atoms. The third-order valence-corrected chi connectivity index (χ3v) is 4.36. The molecule has 106 valence electrons. The number of benzene rings is 1. The minimum absolute atomic E-state index is 0.486. The Balaban J connectivity index is 1.61. The van der Waals surface area contributed by atoms with Crippen LogP contribution in [0.25, 0.3) is 11.0 Å². The van der Waals surface area contributed by atoms with Crippen LogP contribution in [0, 0.1) is 0 Å². The van der Waals surface area contributed by atoms with Gasteiger partial charge in [0, 0.05) is 23.8 Å². The number of likely N-dealkylation sites (tertiary alicyclic amines) is 1. The first-order valence-corrected chi connectivity index (χ1v) is 7.62. The van der Waals surface area contributed by atoms with Gasteiger partial charge in [0.1, 0.15) is 5.65 Å². The molecule has 3 heterocycles. The summed E-state index contributed by atoms with van der Waals surface area (Å²) < 4.78 is 0. The molecule has 0 amide bonds. The molecular weight excluding hydrogens is 258 g/mol. The van der Waals surface area contributed by atoms with Crippen molar-refractivity contribution in [2.24, 2.45) is 0 Å². The zero-order valence-electron chi connectivity index (χ0n) is 12.0. The first-order chi connectivity index (χ1) is 10.4. The maximum atomic E-state index is 4.41. The van der Waals surface area contributed by atoms with Crippen molar-refractivity contribution in [3.63, 3.8) is 0 Å². The van der Waals surface area contributed by atoms with E-state index in [0.29, 0.717) is 6.04 Å². The fraction of sp³-hybridized carbons (Fsp3) is 0.278. The molecule has 3 nitrogen and oxygen atoms in total. The molecule has 4 rings (SSSR count). The molecular formula is C18H19N3. The highest BCUT2D eigenvalue weighted by atomic mass is 15.2. The van der Waals surface area contributed by atoms with Crippen LogP contribution in [0.3, 0.4) is 0 Å². The van der Waals surface area contributed by atoms with E-state index in [0.717, 1.165) is 12.2 Å². The molecule has 1 saturated heterocycles. The summed E-state index contributed by atoms with van der Waals surface area (Å²) >= 11 is 0. The molecule has 1 N–H and O–H groups in total. The van der Waals surface area contributed by atoms with Gasteiger partial charge < -0.3 is 4.98 Å². The summed E-state index contributed by atoms with van der Waals surface area (Å²) in [6, 6.07) is 17.6. The molecule has 0 radical (unpaired) electrons. The van der Waals surface area contributed by atoms with Gasteiger partial charge in [-0.05, 0) is 43.1 Å². The quantitative estimate of drug-likeness (QED) is 0.787. The fourth-order valence-electron chi connectivity index (χ4n) is 3.34. The third kappa shape index (κ3) is 2.45. The van der Waals surface area contributed by atoms with Gasteiger partial charge in [0.25, 0.3) is 0 Å². The third-order valence-electron chi connectivity index (χ3n) is 4.36. The number of aromatic nitrogens is 2. The second-order valence-corrected chi connectivity index (χ2v) is 5.78. The van der Waals surface area contributed by atoms with Crippen molar-refractivity contribution in [2.75, 3.05) is 6.54 Å². The number of pyridine rings is 1. The number of nitrogens with zero attached hydrogens (tertiary/aromatic N) is 2. The second kappa shape index (κ2) is 5.34. The summed E-state index contributed by atoms with van der Waals surface area (Å²) in [5.41, 5.74) is 3.69. The van der Waals surface area contributed by atoms with Gasteiger partial charge in [-0.2, -0.15) is 0 Å². The van der Waals surface area contributed by atoms with Gasteiger partial charge in [0.15, 0.2) is 0 Å². The van der Waals surface area contributed by atoms with E-state index in [1.165, 1.54) is 36.0 Å². The second-order valence-electron chi connectivity index (χ2n) is 5.78. The average molecular weight is 277 g/mol. The summed E-state index contributed by atoms with van der Waals surface area (Å²) in [5, 5.41) is 1.21. The van der Waals surface area contributed by atoms with E-state index in [-0.39, 0.29) is 0 Å². The molecule has 3 heteroatoms. The molecule has 21 heavy (non-hydrogen) atoms. The van der Waals surface area contributed by atoms with Crippen LogP contribution >= 0.6 is 0 Å². The van der Waals surface area contributed by atoms with Crippen LogP contribution in [-0.4, -0.2) is 21.4 Å². The topological polar surface area (TPSA) is 31.9 Å². The predicted octanol–water partition coefficient (Wildman–Crippen LogP) is 3.90. The summed E-state index contributed by atoms with van der Waals surface area (Å²) in [5.74, 6) is 0. The smallest absolute Gasteiger partial charge is 0.137 e. The Morgan fingerprint density at radius 3 is 2.90 bits per heavy atom. The van der Waals surface area contributed by atoms with Crippen molar-refractivity contribution in [1.29, 1.82) is 0 Å². The molecule has 0 aliphatic carbocycles. The first-order valence-electron chi connectivity index (χ1n) is 7.62. The van der Waals surface area contributed by atoms with E-state index in [1.54, 1.807) is 0 Å². The monoisotopic (exact) mass is 277 g/mol. The van der Waals surface area contributed by atoms with Crippen molar-refractivity contribution < 1.29 is 0 Å². The van der Waals surface area contributed by atoms with E-state index in [9.17, 15) is 0 Å². The maximum absolute atomic E-state index is 4.41. The van der Waals surface area contributed by atoms with Crippen LogP contribution in [0.4, 0.5) is 0 Å². The van der Waals surface area contributed by atoms with Crippen LogP contribution in [0.1, 0.15) is 30.1 Å². The van der Waals surface area contributed by atoms with E-state index in [1.807, 2.05) is 12.3 Å². The minimum atomic E-state index is 0.486. The van der Waals surface area contributed by atoms with Gasteiger partial charge >= 0.3 is 0 Å². The molecule has 0 spiro atoms. The van der Waals surface area contributed by atoms with E-state index < -0.39 is 0 Å². The van der Waals surface area contributed by atoms with Crippen molar-refractivity contribution in [1.82, 2.24) is 14.9 Å². The Kier molecular flexibility index (Phi) is 3.20. The Hall–Kier alpha value is -2.13. The molecule has 1 atom stereocenters. The normalized spacial score (nSPS) is 19.3. The minimum Gasteiger partial charge on any atom is -0.342 e. The van der Waals surface area contributed by atoms with Gasteiger partial charge in [-0.15, -0.1) is 0 Å². The Bertz CT molecular complexity index is 699. The van der Waals surface area contributed by atoms with Gasteiger partial charge in [-0.25, -0.2) is 4.98 Å². The van der Waals surface area contributed by atoms with Crippen LogP contribution in [0.5, 0.6) is 0 Å². The highest BCUT2D eigenvalue weighted by Gasteiger charge is 2.27. The standard InChI is InChI=1S/C18H19N3/c1-2-6-14(7-3-1)13-21-11-5-9-17(21)16-12-15-8-4-10-19-18(15)20-16/h1-4,6-8,10,12,17H,5,9,11,13H2,(H,19,20)/t17-/m0/s1.